The van der Waals surface area contributed by atoms with Crippen LogP contribution < -0.4 is 27.2 Å². The Morgan fingerprint density at radius 2 is 1.88 bits per heavy atom. The Kier molecular flexibility index (Phi) is 4.57. The van der Waals surface area contributed by atoms with Crippen LogP contribution in [0.25, 0.3) is 11.0 Å². The summed E-state index contributed by atoms with van der Waals surface area (Å²) < 4.78 is 10.8. The van der Waals surface area contributed by atoms with Crippen LogP contribution in [0.4, 0.5) is 5.69 Å². The number of ether oxygens (including phenoxy) is 1. The molecule has 0 saturated carbocycles. The first-order valence-corrected chi connectivity index (χ1v) is 7.60. The number of nitrogen functional groups attached to an aromatic ring is 1. The molecule has 0 saturated heterocycles. The highest BCUT2D eigenvalue weighted by Crippen LogP contribution is 2.20. The number of nitrogens with two attached hydrogens (primary N) is 2. The van der Waals surface area contributed by atoms with Gasteiger partial charge in [0, 0.05) is 17.1 Å². The normalized spacial score (nSPS) is 11.3. The van der Waals surface area contributed by atoms with Crippen molar-refractivity contribution in [2.75, 3.05) is 12.8 Å². The van der Waals surface area contributed by atoms with E-state index in [1.165, 1.54) is 13.2 Å². The maximum atomic E-state index is 12.2. The van der Waals surface area contributed by atoms with Crippen LogP contribution in [0.1, 0.15) is 20.7 Å². The number of nitrogens with zero attached hydrogens (tertiary/aromatic N) is 1. The number of hydrogen-bond acceptors (Lipinski definition) is 6. The van der Waals surface area contributed by atoms with Gasteiger partial charge in [-0.15, -0.1) is 5.10 Å². The summed E-state index contributed by atoms with van der Waals surface area (Å²) in [4.78, 5) is 23.9. The van der Waals surface area contributed by atoms with Crippen molar-refractivity contribution in [3.8, 4) is 5.75 Å². The van der Waals surface area contributed by atoms with Gasteiger partial charge in [-0.25, -0.2) is 5.43 Å². The number of rotatable bonds is 4. The molecular weight excluding hydrogens is 336 g/mol. The number of methoxy groups -OCH3 is 1. The molecule has 8 nitrogen and oxygen atoms in total. The van der Waals surface area contributed by atoms with Crippen molar-refractivity contribution in [1.82, 2.24) is 5.43 Å². The molecule has 0 unspecified atom stereocenters. The van der Waals surface area contributed by atoms with Crippen molar-refractivity contribution < 1.29 is 18.7 Å². The van der Waals surface area contributed by atoms with E-state index in [0.717, 1.165) is 0 Å². The average Bonchev–Trinajstić information content (AvgIpc) is 2.65. The summed E-state index contributed by atoms with van der Waals surface area (Å²) in [5.41, 5.74) is 14.3. The van der Waals surface area contributed by atoms with Crippen LogP contribution in [0.2, 0.25) is 0 Å². The number of nitrogens with one attached hydrogen (secondary N) is 1. The van der Waals surface area contributed by atoms with Crippen molar-refractivity contribution in [2.45, 2.75) is 0 Å². The van der Waals surface area contributed by atoms with E-state index in [4.69, 9.17) is 20.6 Å². The predicted molar refractivity (Wildman–Crippen MR) is 95.2 cm³/mol. The fourth-order valence-electron chi connectivity index (χ4n) is 2.35. The molecule has 0 radical (unpaired) electrons. The molecule has 0 spiro atoms. The third-order valence-corrected chi connectivity index (χ3v) is 3.69. The first-order chi connectivity index (χ1) is 12.5. The largest absolute Gasteiger partial charge is 0.497 e. The van der Waals surface area contributed by atoms with E-state index >= 15 is 0 Å². The van der Waals surface area contributed by atoms with Gasteiger partial charge in [0.1, 0.15) is 16.9 Å². The van der Waals surface area contributed by atoms with E-state index in [-0.39, 0.29) is 16.7 Å². The quantitative estimate of drug-likeness (QED) is 0.482. The van der Waals surface area contributed by atoms with Gasteiger partial charge in [0.25, 0.3) is 11.8 Å². The minimum Gasteiger partial charge on any atom is -0.497 e. The van der Waals surface area contributed by atoms with Crippen molar-refractivity contribution >= 4 is 28.5 Å². The lowest BCUT2D eigenvalue weighted by atomic mass is 10.1. The standard InChI is InChI=1S/C18H16N4O4/c1-25-11-7-6-10-8-13(16(20)23)18(26-15(10)9-11)22-21-17(24)12-4-2-3-5-14(12)19/h2-9H,19H2,1H3,(H2,20,23)(H,21,24). The highest BCUT2D eigenvalue weighted by atomic mass is 16.5. The van der Waals surface area contributed by atoms with Crippen LogP contribution >= 0.6 is 0 Å². The van der Waals surface area contributed by atoms with Crippen molar-refractivity contribution in [1.29, 1.82) is 0 Å². The summed E-state index contributed by atoms with van der Waals surface area (Å²) in [7, 11) is 1.52. The zero-order valence-corrected chi connectivity index (χ0v) is 13.9. The fraction of sp³-hybridized carbons (Fsp3) is 0.0556. The SMILES string of the molecule is COc1ccc2cc(C(N)=O)c(=NNC(=O)c3ccccc3N)oc2c1. The molecule has 0 aliphatic carbocycles. The molecule has 132 valence electrons. The van der Waals surface area contributed by atoms with Crippen LogP contribution in [-0.2, 0) is 0 Å². The Morgan fingerprint density at radius 1 is 1.12 bits per heavy atom. The van der Waals surface area contributed by atoms with Gasteiger partial charge in [0.15, 0.2) is 0 Å². The Morgan fingerprint density at radius 3 is 2.58 bits per heavy atom. The van der Waals surface area contributed by atoms with Crippen molar-refractivity contribution in [3.05, 3.63) is 65.2 Å². The molecule has 2 aromatic carbocycles. The summed E-state index contributed by atoms with van der Waals surface area (Å²) in [6.45, 7) is 0. The zero-order valence-electron chi connectivity index (χ0n) is 13.9. The summed E-state index contributed by atoms with van der Waals surface area (Å²) >= 11 is 0. The molecule has 3 rings (SSSR count). The van der Waals surface area contributed by atoms with Gasteiger partial charge in [-0.3, -0.25) is 9.59 Å². The second kappa shape index (κ2) is 6.98. The molecule has 2 amide bonds. The number of fused-ring (bicyclic) bond motifs is 1. The smallest absolute Gasteiger partial charge is 0.273 e. The Labute approximate surface area is 148 Å². The van der Waals surface area contributed by atoms with E-state index in [2.05, 4.69) is 10.5 Å². The molecule has 0 fully saturated rings. The third kappa shape index (κ3) is 3.34. The molecule has 3 aromatic rings. The number of carbonyl (C=O) groups is 2. The first-order valence-electron chi connectivity index (χ1n) is 7.60. The van der Waals surface area contributed by atoms with Gasteiger partial charge in [-0.2, -0.15) is 0 Å². The monoisotopic (exact) mass is 352 g/mol. The minimum atomic E-state index is -0.737. The van der Waals surface area contributed by atoms with Gasteiger partial charge >= 0.3 is 0 Å². The second-order valence-corrected chi connectivity index (χ2v) is 5.37. The van der Waals surface area contributed by atoms with Crippen molar-refractivity contribution in [3.63, 3.8) is 0 Å². The number of carbonyl (C=O) groups excluding carboxylic acids is 2. The van der Waals surface area contributed by atoms with E-state index < -0.39 is 11.8 Å². The number of para-hydroxylation sites is 1. The van der Waals surface area contributed by atoms with E-state index in [9.17, 15) is 9.59 Å². The molecule has 8 heteroatoms. The maximum absolute atomic E-state index is 12.2. The Hall–Kier alpha value is -3.81. The third-order valence-electron chi connectivity index (χ3n) is 3.69. The van der Waals surface area contributed by atoms with Gasteiger partial charge < -0.3 is 20.6 Å². The molecule has 26 heavy (non-hydrogen) atoms. The molecule has 1 heterocycles. The van der Waals surface area contributed by atoms with Crippen LogP contribution in [0, 0.1) is 0 Å². The lowest BCUT2D eigenvalue weighted by Gasteiger charge is -2.05. The van der Waals surface area contributed by atoms with Gasteiger partial charge in [0.05, 0.1) is 12.7 Å². The summed E-state index contributed by atoms with van der Waals surface area (Å²) in [6, 6.07) is 13.1. The fourth-order valence-corrected chi connectivity index (χ4v) is 2.35. The lowest BCUT2D eigenvalue weighted by Crippen LogP contribution is -2.27. The number of benzene rings is 2. The second-order valence-electron chi connectivity index (χ2n) is 5.37. The van der Waals surface area contributed by atoms with Crippen LogP contribution in [-0.4, -0.2) is 18.9 Å². The Balaban J connectivity index is 2.05. The van der Waals surface area contributed by atoms with E-state index in [1.807, 2.05) is 0 Å². The van der Waals surface area contributed by atoms with Crippen LogP contribution in [0.5, 0.6) is 5.75 Å². The highest BCUT2D eigenvalue weighted by molar-refractivity contribution is 5.99. The van der Waals surface area contributed by atoms with Gasteiger partial charge in [-0.05, 0) is 30.3 Å². The summed E-state index contributed by atoms with van der Waals surface area (Å²) in [5.74, 6) is -0.710. The number of anilines is 1. The maximum Gasteiger partial charge on any atom is 0.273 e. The van der Waals surface area contributed by atoms with E-state index in [1.54, 1.807) is 42.5 Å². The van der Waals surface area contributed by atoms with Crippen LogP contribution in [0.15, 0.2) is 58.0 Å². The van der Waals surface area contributed by atoms with Crippen molar-refractivity contribution in [2.24, 2.45) is 10.8 Å². The number of hydrogen-bond donors (Lipinski definition) is 3. The number of amides is 2. The lowest BCUT2D eigenvalue weighted by molar-refractivity contribution is 0.0947. The van der Waals surface area contributed by atoms with Crippen LogP contribution in [0.3, 0.4) is 0 Å². The van der Waals surface area contributed by atoms with Gasteiger partial charge in [-0.1, -0.05) is 12.1 Å². The molecule has 0 bridgehead atoms. The molecule has 1 aromatic heterocycles. The summed E-state index contributed by atoms with van der Waals surface area (Å²) in [6.07, 6.45) is 0. The molecule has 5 N–H and O–H groups in total. The predicted octanol–water partition coefficient (Wildman–Crippen LogP) is 1.37. The topological polar surface area (TPSA) is 133 Å². The van der Waals surface area contributed by atoms with E-state index in [0.29, 0.717) is 22.4 Å². The molecule has 0 atom stereocenters. The first kappa shape index (κ1) is 17.0. The Bertz CT molecular complexity index is 1070. The highest BCUT2D eigenvalue weighted by Gasteiger charge is 2.12. The number of primary amides is 1. The van der Waals surface area contributed by atoms with Gasteiger partial charge in [0.2, 0.25) is 5.55 Å². The molecule has 0 aliphatic rings. The summed E-state index contributed by atoms with van der Waals surface area (Å²) in [5, 5.41) is 4.52. The molecule has 0 aliphatic heterocycles. The molecular formula is C18H16N4O4. The zero-order chi connectivity index (χ0) is 18.7. The minimum absolute atomic E-state index is 0.0315. The average molecular weight is 352 g/mol.